The van der Waals surface area contributed by atoms with Crippen LogP contribution in [0.15, 0.2) is 0 Å². The van der Waals surface area contributed by atoms with Gasteiger partial charge in [-0.2, -0.15) is 0 Å². The van der Waals surface area contributed by atoms with E-state index in [0.717, 1.165) is 11.8 Å². The van der Waals surface area contributed by atoms with Gasteiger partial charge in [0, 0.05) is 0 Å². The summed E-state index contributed by atoms with van der Waals surface area (Å²) in [6.45, 7) is 9.46. The van der Waals surface area contributed by atoms with Gasteiger partial charge in [0.25, 0.3) is 0 Å². The van der Waals surface area contributed by atoms with Crippen molar-refractivity contribution in [3.63, 3.8) is 0 Å². The van der Waals surface area contributed by atoms with E-state index in [4.69, 9.17) is 0 Å². The molecule has 0 aliphatic heterocycles. The number of hydrogen-bond acceptors (Lipinski definition) is 0. The van der Waals surface area contributed by atoms with Gasteiger partial charge in [-0.1, -0.05) is 91.9 Å². The SMILES string of the molecule is CCCCCCCCCC(C)C(C)CCC. The van der Waals surface area contributed by atoms with Gasteiger partial charge in [0.1, 0.15) is 0 Å². The van der Waals surface area contributed by atoms with Crippen LogP contribution in [0.5, 0.6) is 0 Å². The van der Waals surface area contributed by atoms with E-state index < -0.39 is 0 Å². The van der Waals surface area contributed by atoms with E-state index >= 15 is 0 Å². The molecule has 0 heterocycles. The molecule has 0 aromatic carbocycles. The summed E-state index contributed by atoms with van der Waals surface area (Å²) in [5.41, 5.74) is 0. The molecule has 0 aliphatic carbocycles. The minimum atomic E-state index is 0.935. The Hall–Kier alpha value is 0. The minimum absolute atomic E-state index is 0.935. The summed E-state index contributed by atoms with van der Waals surface area (Å²) in [5, 5.41) is 0. The van der Waals surface area contributed by atoms with Gasteiger partial charge in [0.05, 0.1) is 0 Å². The monoisotopic (exact) mass is 226 g/mol. The van der Waals surface area contributed by atoms with Crippen molar-refractivity contribution >= 4 is 0 Å². The molecule has 0 rings (SSSR count). The zero-order valence-electron chi connectivity index (χ0n) is 12.2. The second kappa shape index (κ2) is 11.5. The van der Waals surface area contributed by atoms with Gasteiger partial charge in [-0.05, 0) is 11.8 Å². The molecule has 2 atom stereocenters. The van der Waals surface area contributed by atoms with Gasteiger partial charge in [-0.15, -0.1) is 0 Å². The summed E-state index contributed by atoms with van der Waals surface area (Å²) in [6, 6.07) is 0. The van der Waals surface area contributed by atoms with E-state index in [1.165, 1.54) is 64.2 Å². The molecule has 0 aromatic rings. The highest BCUT2D eigenvalue weighted by molar-refractivity contribution is 4.61. The van der Waals surface area contributed by atoms with Crippen molar-refractivity contribution in [2.45, 2.75) is 91.9 Å². The fourth-order valence-corrected chi connectivity index (χ4v) is 2.45. The molecular formula is C16H34. The second-order valence-electron chi connectivity index (χ2n) is 5.65. The lowest BCUT2D eigenvalue weighted by atomic mass is 9.87. The van der Waals surface area contributed by atoms with Gasteiger partial charge in [0.15, 0.2) is 0 Å². The van der Waals surface area contributed by atoms with Gasteiger partial charge < -0.3 is 0 Å². The average molecular weight is 226 g/mol. The van der Waals surface area contributed by atoms with Crippen molar-refractivity contribution in [3.05, 3.63) is 0 Å². The Morgan fingerprint density at radius 3 is 1.62 bits per heavy atom. The molecule has 0 fully saturated rings. The fraction of sp³-hybridized carbons (Fsp3) is 1.00. The van der Waals surface area contributed by atoms with Crippen molar-refractivity contribution in [2.75, 3.05) is 0 Å². The molecule has 0 spiro atoms. The first-order valence-electron chi connectivity index (χ1n) is 7.72. The van der Waals surface area contributed by atoms with Crippen LogP contribution >= 0.6 is 0 Å². The van der Waals surface area contributed by atoms with E-state index in [1.54, 1.807) is 0 Å². The van der Waals surface area contributed by atoms with E-state index in [2.05, 4.69) is 27.7 Å². The summed E-state index contributed by atoms with van der Waals surface area (Å²) in [6.07, 6.45) is 14.3. The number of unbranched alkanes of at least 4 members (excludes halogenated alkanes) is 6. The molecular weight excluding hydrogens is 192 g/mol. The normalized spacial score (nSPS) is 15.0. The Balaban J connectivity index is 3.23. The average Bonchev–Trinajstić information content (AvgIpc) is 2.28. The summed E-state index contributed by atoms with van der Waals surface area (Å²) in [7, 11) is 0. The lowest BCUT2D eigenvalue weighted by molar-refractivity contribution is 0.330. The molecule has 0 N–H and O–H groups in total. The van der Waals surface area contributed by atoms with Crippen molar-refractivity contribution < 1.29 is 0 Å². The number of hydrogen-bond donors (Lipinski definition) is 0. The predicted molar refractivity (Wildman–Crippen MR) is 75.8 cm³/mol. The number of rotatable bonds is 11. The molecule has 0 bridgehead atoms. The van der Waals surface area contributed by atoms with Crippen LogP contribution in [-0.4, -0.2) is 0 Å². The minimum Gasteiger partial charge on any atom is -0.0654 e. The highest BCUT2D eigenvalue weighted by atomic mass is 14.2. The zero-order valence-corrected chi connectivity index (χ0v) is 12.2. The Morgan fingerprint density at radius 2 is 1.06 bits per heavy atom. The van der Waals surface area contributed by atoms with Crippen molar-refractivity contribution in [3.8, 4) is 0 Å². The van der Waals surface area contributed by atoms with Crippen LogP contribution in [0, 0.1) is 11.8 Å². The van der Waals surface area contributed by atoms with Crippen molar-refractivity contribution in [2.24, 2.45) is 11.8 Å². The first kappa shape index (κ1) is 16.0. The van der Waals surface area contributed by atoms with Gasteiger partial charge in [-0.3, -0.25) is 0 Å². The molecule has 0 nitrogen and oxygen atoms in total. The summed E-state index contributed by atoms with van der Waals surface area (Å²) in [4.78, 5) is 0. The quantitative estimate of drug-likeness (QED) is 0.368. The van der Waals surface area contributed by atoms with Crippen LogP contribution in [0.2, 0.25) is 0 Å². The standard InChI is InChI=1S/C16H34/c1-5-7-8-9-10-11-12-14-16(4)15(3)13-6-2/h15-16H,5-14H2,1-4H3. The highest BCUT2D eigenvalue weighted by Crippen LogP contribution is 2.22. The third-order valence-corrected chi connectivity index (χ3v) is 3.98. The summed E-state index contributed by atoms with van der Waals surface area (Å²) < 4.78 is 0. The lowest BCUT2D eigenvalue weighted by Gasteiger charge is -2.18. The maximum absolute atomic E-state index is 2.44. The molecule has 0 saturated carbocycles. The molecule has 0 heteroatoms. The Labute approximate surface area is 104 Å². The molecule has 0 saturated heterocycles. The molecule has 16 heavy (non-hydrogen) atoms. The van der Waals surface area contributed by atoms with Crippen LogP contribution in [0.1, 0.15) is 91.9 Å². The topological polar surface area (TPSA) is 0 Å². The Morgan fingerprint density at radius 1 is 0.562 bits per heavy atom. The molecule has 2 unspecified atom stereocenters. The fourth-order valence-electron chi connectivity index (χ4n) is 2.45. The van der Waals surface area contributed by atoms with Crippen LogP contribution in [0.4, 0.5) is 0 Å². The van der Waals surface area contributed by atoms with Crippen molar-refractivity contribution in [1.82, 2.24) is 0 Å². The third kappa shape index (κ3) is 9.24. The highest BCUT2D eigenvalue weighted by Gasteiger charge is 2.10. The smallest absolute Gasteiger partial charge is 0.0417 e. The maximum atomic E-state index is 2.44. The van der Waals surface area contributed by atoms with Crippen molar-refractivity contribution in [1.29, 1.82) is 0 Å². The van der Waals surface area contributed by atoms with E-state index in [-0.39, 0.29) is 0 Å². The predicted octanol–water partition coefficient (Wildman–Crippen LogP) is 6.20. The van der Waals surface area contributed by atoms with E-state index in [1.807, 2.05) is 0 Å². The van der Waals surface area contributed by atoms with E-state index in [9.17, 15) is 0 Å². The van der Waals surface area contributed by atoms with Crippen LogP contribution in [0.25, 0.3) is 0 Å². The Bertz CT molecular complexity index is 128. The molecule has 0 amide bonds. The Kier molecular flexibility index (Phi) is 11.5. The van der Waals surface area contributed by atoms with Gasteiger partial charge >= 0.3 is 0 Å². The third-order valence-electron chi connectivity index (χ3n) is 3.98. The molecule has 98 valence electrons. The van der Waals surface area contributed by atoms with Crippen LogP contribution < -0.4 is 0 Å². The summed E-state index contributed by atoms with van der Waals surface area (Å²) in [5.74, 6) is 1.88. The lowest BCUT2D eigenvalue weighted by Crippen LogP contribution is -2.07. The first-order valence-corrected chi connectivity index (χ1v) is 7.72. The maximum Gasteiger partial charge on any atom is -0.0417 e. The molecule has 0 aliphatic rings. The van der Waals surface area contributed by atoms with Gasteiger partial charge in [-0.25, -0.2) is 0 Å². The largest absolute Gasteiger partial charge is 0.0654 e. The first-order chi connectivity index (χ1) is 7.72. The van der Waals surface area contributed by atoms with Crippen LogP contribution in [0.3, 0.4) is 0 Å². The van der Waals surface area contributed by atoms with E-state index in [0.29, 0.717) is 0 Å². The zero-order chi connectivity index (χ0) is 12.2. The van der Waals surface area contributed by atoms with Gasteiger partial charge in [0.2, 0.25) is 0 Å². The molecule has 0 radical (unpaired) electrons. The van der Waals surface area contributed by atoms with Crippen LogP contribution in [-0.2, 0) is 0 Å². The summed E-state index contributed by atoms with van der Waals surface area (Å²) >= 11 is 0. The molecule has 0 aromatic heterocycles. The second-order valence-corrected chi connectivity index (χ2v) is 5.65.